The zero-order valence-corrected chi connectivity index (χ0v) is 11.2. The van der Waals surface area contributed by atoms with Crippen LogP contribution in [0.1, 0.15) is 20.8 Å². The Labute approximate surface area is 102 Å². The van der Waals surface area contributed by atoms with Crippen LogP contribution in [0.2, 0.25) is 0 Å². The van der Waals surface area contributed by atoms with Gasteiger partial charge in [0.2, 0.25) is 0 Å². The van der Waals surface area contributed by atoms with Crippen LogP contribution in [-0.4, -0.2) is 18.8 Å². The zero-order chi connectivity index (χ0) is 12.2. The lowest BCUT2D eigenvalue weighted by molar-refractivity contribution is 0.305. The highest BCUT2D eigenvalue weighted by Crippen LogP contribution is 2.27. The van der Waals surface area contributed by atoms with E-state index in [-0.39, 0.29) is 11.2 Å². The molecule has 0 spiro atoms. The van der Waals surface area contributed by atoms with E-state index < -0.39 is 0 Å². The van der Waals surface area contributed by atoms with Gasteiger partial charge >= 0.3 is 0 Å². The number of nitrogens with one attached hydrogen (secondary N) is 1. The van der Waals surface area contributed by atoms with Crippen LogP contribution in [0.15, 0.2) is 29.2 Å². The van der Waals surface area contributed by atoms with Crippen LogP contribution in [-0.2, 0) is 0 Å². The summed E-state index contributed by atoms with van der Waals surface area (Å²) in [7, 11) is 1.96. The Balaban J connectivity index is 2.60. The van der Waals surface area contributed by atoms with Gasteiger partial charge in [-0.3, -0.25) is 0 Å². The normalized spacial score (nSPS) is 13.8. The van der Waals surface area contributed by atoms with Gasteiger partial charge in [0.25, 0.3) is 0 Å². The Bertz CT molecular complexity index is 333. The Morgan fingerprint density at radius 1 is 1.31 bits per heavy atom. The van der Waals surface area contributed by atoms with Crippen LogP contribution >= 0.6 is 11.8 Å². The molecule has 3 heteroatoms. The number of benzene rings is 1. The van der Waals surface area contributed by atoms with Gasteiger partial charge in [0.1, 0.15) is 5.82 Å². The number of halogens is 1. The average Bonchev–Trinajstić information content (AvgIpc) is 2.19. The van der Waals surface area contributed by atoms with Gasteiger partial charge in [-0.25, -0.2) is 4.39 Å². The van der Waals surface area contributed by atoms with Crippen LogP contribution in [0.5, 0.6) is 0 Å². The second-order valence-electron chi connectivity index (χ2n) is 4.95. The van der Waals surface area contributed by atoms with Crippen LogP contribution in [0, 0.1) is 11.2 Å². The summed E-state index contributed by atoms with van der Waals surface area (Å²) >= 11 is 1.57. The fourth-order valence-electron chi connectivity index (χ4n) is 1.50. The van der Waals surface area contributed by atoms with E-state index in [9.17, 15) is 4.39 Å². The predicted octanol–water partition coefficient (Wildman–Crippen LogP) is 3.55. The van der Waals surface area contributed by atoms with E-state index in [4.69, 9.17) is 0 Å². The molecule has 1 nitrogen and oxygen atoms in total. The summed E-state index contributed by atoms with van der Waals surface area (Å²) in [4.78, 5) is 0.729. The highest BCUT2D eigenvalue weighted by Gasteiger charge is 2.23. The van der Waals surface area contributed by atoms with Crippen molar-refractivity contribution in [1.29, 1.82) is 0 Å². The van der Waals surface area contributed by atoms with Gasteiger partial charge < -0.3 is 5.32 Å². The molecular formula is C13H20FNS. The molecule has 1 unspecified atom stereocenters. The van der Waals surface area contributed by atoms with E-state index in [0.29, 0.717) is 6.04 Å². The highest BCUT2D eigenvalue weighted by molar-refractivity contribution is 7.99. The van der Waals surface area contributed by atoms with E-state index >= 15 is 0 Å². The number of hydrogen-bond acceptors (Lipinski definition) is 2. The summed E-state index contributed by atoms with van der Waals surface area (Å²) in [5.41, 5.74) is 0.188. The summed E-state index contributed by atoms with van der Waals surface area (Å²) < 4.78 is 13.4. The Morgan fingerprint density at radius 2 is 1.94 bits per heavy atom. The topological polar surface area (TPSA) is 12.0 Å². The molecule has 0 radical (unpaired) electrons. The number of hydrogen-bond donors (Lipinski definition) is 1. The van der Waals surface area contributed by atoms with Crippen LogP contribution < -0.4 is 5.32 Å². The maximum absolute atomic E-state index is 13.4. The Morgan fingerprint density at radius 3 is 2.44 bits per heavy atom. The van der Waals surface area contributed by atoms with Crippen molar-refractivity contribution in [2.45, 2.75) is 31.7 Å². The first kappa shape index (κ1) is 13.5. The smallest absolute Gasteiger partial charge is 0.136 e. The molecule has 0 saturated carbocycles. The SMILES string of the molecule is CNC(CSc1ccccc1F)C(C)(C)C. The van der Waals surface area contributed by atoms with Crippen molar-refractivity contribution in [2.75, 3.05) is 12.8 Å². The van der Waals surface area contributed by atoms with Gasteiger partial charge in [-0.15, -0.1) is 11.8 Å². The van der Waals surface area contributed by atoms with Gasteiger partial charge in [0.05, 0.1) is 0 Å². The second-order valence-corrected chi connectivity index (χ2v) is 6.01. The van der Waals surface area contributed by atoms with Crippen LogP contribution in [0.3, 0.4) is 0 Å². The van der Waals surface area contributed by atoms with Gasteiger partial charge in [0.15, 0.2) is 0 Å². The molecule has 1 aromatic rings. The van der Waals surface area contributed by atoms with Crippen molar-refractivity contribution >= 4 is 11.8 Å². The molecule has 1 N–H and O–H groups in total. The molecule has 0 aliphatic heterocycles. The standard InChI is InChI=1S/C13H20FNS/c1-13(2,3)12(15-4)9-16-11-8-6-5-7-10(11)14/h5-8,12,15H,9H2,1-4H3. The molecule has 0 amide bonds. The second kappa shape index (κ2) is 5.69. The van der Waals surface area contributed by atoms with Crippen molar-refractivity contribution in [2.24, 2.45) is 5.41 Å². The average molecular weight is 241 g/mol. The third kappa shape index (κ3) is 3.80. The molecule has 1 aromatic carbocycles. The van der Waals surface area contributed by atoms with E-state index in [1.807, 2.05) is 19.2 Å². The molecular weight excluding hydrogens is 221 g/mol. The molecule has 0 aliphatic carbocycles. The monoisotopic (exact) mass is 241 g/mol. The third-order valence-corrected chi connectivity index (χ3v) is 3.78. The van der Waals surface area contributed by atoms with Crippen molar-refractivity contribution in [1.82, 2.24) is 5.32 Å². The lowest BCUT2D eigenvalue weighted by atomic mass is 9.88. The van der Waals surface area contributed by atoms with E-state index in [1.54, 1.807) is 17.8 Å². The van der Waals surface area contributed by atoms with Crippen molar-refractivity contribution in [3.8, 4) is 0 Å². The molecule has 1 atom stereocenters. The lowest BCUT2D eigenvalue weighted by Crippen LogP contribution is -2.40. The van der Waals surface area contributed by atoms with Crippen LogP contribution in [0.4, 0.5) is 4.39 Å². The Hall–Kier alpha value is -0.540. The summed E-state index contributed by atoms with van der Waals surface area (Å²) in [5, 5.41) is 3.29. The molecule has 0 aromatic heterocycles. The minimum absolute atomic E-state index is 0.128. The summed E-state index contributed by atoms with van der Waals surface area (Å²) in [6.07, 6.45) is 0. The van der Waals surface area contributed by atoms with Gasteiger partial charge in [0, 0.05) is 16.7 Å². The maximum atomic E-state index is 13.4. The molecule has 0 fully saturated rings. The summed E-state index contributed by atoms with van der Waals surface area (Å²) in [5.74, 6) is 0.747. The molecule has 0 saturated heterocycles. The molecule has 0 aliphatic rings. The van der Waals surface area contributed by atoms with Crippen LogP contribution in [0.25, 0.3) is 0 Å². The minimum Gasteiger partial charge on any atom is -0.316 e. The zero-order valence-electron chi connectivity index (χ0n) is 10.4. The number of thioether (sulfide) groups is 1. The van der Waals surface area contributed by atoms with Crippen molar-refractivity contribution in [3.05, 3.63) is 30.1 Å². The summed E-state index contributed by atoms with van der Waals surface area (Å²) in [6, 6.07) is 7.30. The first-order chi connectivity index (χ1) is 7.45. The fourth-order valence-corrected chi connectivity index (χ4v) is 2.89. The van der Waals surface area contributed by atoms with Crippen molar-refractivity contribution < 1.29 is 4.39 Å². The maximum Gasteiger partial charge on any atom is 0.136 e. The summed E-state index contributed by atoms with van der Waals surface area (Å²) in [6.45, 7) is 6.57. The molecule has 16 heavy (non-hydrogen) atoms. The van der Waals surface area contributed by atoms with Crippen molar-refractivity contribution in [3.63, 3.8) is 0 Å². The van der Waals surface area contributed by atoms with E-state index in [1.165, 1.54) is 6.07 Å². The highest BCUT2D eigenvalue weighted by atomic mass is 32.2. The van der Waals surface area contributed by atoms with E-state index in [2.05, 4.69) is 26.1 Å². The fraction of sp³-hybridized carbons (Fsp3) is 0.538. The quantitative estimate of drug-likeness (QED) is 0.809. The number of rotatable bonds is 4. The first-order valence-electron chi connectivity index (χ1n) is 5.49. The van der Waals surface area contributed by atoms with Gasteiger partial charge in [-0.1, -0.05) is 32.9 Å². The molecule has 1 rings (SSSR count). The molecule has 0 heterocycles. The lowest BCUT2D eigenvalue weighted by Gasteiger charge is -2.30. The Kier molecular flexibility index (Phi) is 4.81. The third-order valence-electron chi connectivity index (χ3n) is 2.64. The van der Waals surface area contributed by atoms with E-state index in [0.717, 1.165) is 10.6 Å². The molecule has 0 bridgehead atoms. The minimum atomic E-state index is -0.128. The van der Waals surface area contributed by atoms with Gasteiger partial charge in [-0.2, -0.15) is 0 Å². The van der Waals surface area contributed by atoms with Gasteiger partial charge in [-0.05, 0) is 24.6 Å². The molecule has 90 valence electrons. The first-order valence-corrected chi connectivity index (χ1v) is 6.48. The predicted molar refractivity (Wildman–Crippen MR) is 69.4 cm³/mol. The largest absolute Gasteiger partial charge is 0.316 e.